The minimum atomic E-state index is 0.378. The summed E-state index contributed by atoms with van der Waals surface area (Å²) in [6.07, 6.45) is 5.48. The summed E-state index contributed by atoms with van der Waals surface area (Å²) in [5.41, 5.74) is 3.33. The van der Waals surface area contributed by atoms with Gasteiger partial charge in [-0.3, -0.25) is 0 Å². The second-order valence-corrected chi connectivity index (χ2v) is 7.39. The zero-order valence-electron chi connectivity index (χ0n) is 11.9. The molecule has 0 spiro atoms. The fourth-order valence-electron chi connectivity index (χ4n) is 3.70. The molecule has 0 aromatic heterocycles. The van der Waals surface area contributed by atoms with E-state index in [4.69, 9.17) is 0 Å². The van der Waals surface area contributed by atoms with E-state index in [0.29, 0.717) is 5.41 Å². The minimum Gasteiger partial charge on any atom is -0.368 e. The van der Waals surface area contributed by atoms with Crippen LogP contribution in [0.25, 0.3) is 0 Å². The van der Waals surface area contributed by atoms with Crippen LogP contribution in [0.1, 0.15) is 45.6 Å². The molecule has 1 heterocycles. The number of rotatable bonds is 2. The number of benzene rings is 1. The summed E-state index contributed by atoms with van der Waals surface area (Å²) in [5.74, 6) is 0.973. The van der Waals surface area contributed by atoms with Crippen LogP contribution in [-0.4, -0.2) is 12.6 Å². The highest BCUT2D eigenvalue weighted by molar-refractivity contribution is 5.51. The van der Waals surface area contributed by atoms with Gasteiger partial charge in [0.2, 0.25) is 0 Å². The summed E-state index contributed by atoms with van der Waals surface area (Å²) in [6, 6.07) is 10.1. The molecule has 1 aromatic rings. The number of hydrogen-bond donors (Lipinski definition) is 0. The minimum absolute atomic E-state index is 0.378. The Bertz CT molecular complexity index is 429. The van der Waals surface area contributed by atoms with Gasteiger partial charge in [0.05, 0.1) is 0 Å². The first-order valence-electron chi connectivity index (χ1n) is 7.37. The molecule has 2 fully saturated rings. The second-order valence-electron chi connectivity index (χ2n) is 7.39. The van der Waals surface area contributed by atoms with Crippen LogP contribution < -0.4 is 4.90 Å². The van der Waals surface area contributed by atoms with Crippen LogP contribution in [0.3, 0.4) is 0 Å². The Morgan fingerprint density at radius 2 is 2.06 bits per heavy atom. The number of nitrogens with zero attached hydrogens (tertiary/aromatic N) is 1. The first-order chi connectivity index (χ1) is 8.51. The molecule has 2 bridgehead atoms. The van der Waals surface area contributed by atoms with Crippen molar-refractivity contribution in [2.75, 3.05) is 11.4 Å². The Morgan fingerprint density at radius 1 is 1.22 bits per heavy atom. The van der Waals surface area contributed by atoms with Gasteiger partial charge in [-0.25, -0.2) is 0 Å². The molecule has 2 atom stereocenters. The third-order valence-corrected chi connectivity index (χ3v) is 4.39. The molecular weight excluding hydrogens is 218 g/mol. The first kappa shape index (κ1) is 12.1. The van der Waals surface area contributed by atoms with Crippen molar-refractivity contribution in [3.05, 3.63) is 29.8 Å². The summed E-state index contributed by atoms with van der Waals surface area (Å²) >= 11 is 0. The van der Waals surface area contributed by atoms with Crippen LogP contribution in [0, 0.1) is 11.3 Å². The van der Waals surface area contributed by atoms with Gasteiger partial charge in [-0.2, -0.15) is 0 Å². The molecule has 0 radical (unpaired) electrons. The van der Waals surface area contributed by atoms with Gasteiger partial charge in [-0.15, -0.1) is 0 Å². The largest absolute Gasteiger partial charge is 0.368 e. The number of anilines is 1. The van der Waals surface area contributed by atoms with E-state index in [2.05, 4.69) is 49.9 Å². The topological polar surface area (TPSA) is 3.24 Å². The van der Waals surface area contributed by atoms with Crippen molar-refractivity contribution in [1.82, 2.24) is 0 Å². The van der Waals surface area contributed by atoms with Crippen LogP contribution in [0.4, 0.5) is 5.69 Å². The van der Waals surface area contributed by atoms with E-state index in [-0.39, 0.29) is 0 Å². The molecule has 18 heavy (non-hydrogen) atoms. The highest BCUT2D eigenvalue weighted by Gasteiger charge is 2.37. The zero-order chi connectivity index (χ0) is 12.8. The lowest BCUT2D eigenvalue weighted by atomic mass is 9.88. The lowest BCUT2D eigenvalue weighted by Gasteiger charge is -2.30. The predicted molar refractivity (Wildman–Crippen MR) is 78.1 cm³/mol. The highest BCUT2D eigenvalue weighted by Crippen LogP contribution is 2.40. The average Bonchev–Trinajstić information content (AvgIpc) is 2.88. The molecule has 2 unspecified atom stereocenters. The molecule has 98 valence electrons. The molecule has 1 heteroatoms. The van der Waals surface area contributed by atoms with Crippen molar-refractivity contribution >= 4 is 5.69 Å². The highest BCUT2D eigenvalue weighted by atomic mass is 15.2. The summed E-state index contributed by atoms with van der Waals surface area (Å²) in [6.45, 7) is 8.25. The maximum atomic E-state index is 2.65. The van der Waals surface area contributed by atoms with E-state index in [0.717, 1.165) is 12.0 Å². The van der Waals surface area contributed by atoms with Crippen molar-refractivity contribution < 1.29 is 0 Å². The van der Waals surface area contributed by atoms with E-state index in [1.807, 2.05) is 0 Å². The van der Waals surface area contributed by atoms with Gasteiger partial charge < -0.3 is 4.90 Å². The first-order valence-corrected chi connectivity index (χ1v) is 7.37. The van der Waals surface area contributed by atoms with Crippen molar-refractivity contribution in [1.29, 1.82) is 0 Å². The lowest BCUT2D eigenvalue weighted by molar-refractivity contribution is 0.411. The Balaban J connectivity index is 1.79. The Morgan fingerprint density at radius 3 is 2.67 bits per heavy atom. The van der Waals surface area contributed by atoms with Crippen LogP contribution in [0.2, 0.25) is 0 Å². The van der Waals surface area contributed by atoms with Crippen LogP contribution in [0.5, 0.6) is 0 Å². The zero-order valence-corrected chi connectivity index (χ0v) is 11.9. The van der Waals surface area contributed by atoms with Gasteiger partial charge in [-0.05, 0) is 54.7 Å². The molecule has 1 aliphatic carbocycles. The Labute approximate surface area is 111 Å². The average molecular weight is 243 g/mol. The van der Waals surface area contributed by atoms with Gasteiger partial charge in [0, 0.05) is 18.3 Å². The van der Waals surface area contributed by atoms with E-state index >= 15 is 0 Å². The maximum Gasteiger partial charge on any atom is 0.0371 e. The van der Waals surface area contributed by atoms with Gasteiger partial charge in [-0.1, -0.05) is 32.9 Å². The molecule has 1 saturated heterocycles. The number of piperidine rings is 1. The monoisotopic (exact) mass is 243 g/mol. The summed E-state index contributed by atoms with van der Waals surface area (Å²) in [4.78, 5) is 2.65. The molecule has 2 aliphatic rings. The fraction of sp³-hybridized carbons (Fsp3) is 0.647. The van der Waals surface area contributed by atoms with Crippen LogP contribution in [-0.2, 0) is 6.42 Å². The van der Waals surface area contributed by atoms with Crippen molar-refractivity contribution in [3.63, 3.8) is 0 Å². The molecule has 1 aromatic carbocycles. The Hall–Kier alpha value is -0.980. The van der Waals surface area contributed by atoms with E-state index in [1.54, 1.807) is 0 Å². The normalized spacial score (nSPS) is 26.9. The van der Waals surface area contributed by atoms with Gasteiger partial charge in [0.25, 0.3) is 0 Å². The molecule has 0 amide bonds. The summed E-state index contributed by atoms with van der Waals surface area (Å²) in [5, 5.41) is 0. The van der Waals surface area contributed by atoms with Crippen molar-refractivity contribution in [3.8, 4) is 0 Å². The molecule has 3 rings (SSSR count). The van der Waals surface area contributed by atoms with Crippen LogP contribution in [0.15, 0.2) is 24.3 Å². The van der Waals surface area contributed by atoms with Gasteiger partial charge in [0.1, 0.15) is 0 Å². The summed E-state index contributed by atoms with van der Waals surface area (Å²) < 4.78 is 0. The predicted octanol–water partition coefficient (Wildman–Crippen LogP) is 4.26. The molecule has 1 nitrogen and oxygen atoms in total. The van der Waals surface area contributed by atoms with E-state index in [9.17, 15) is 0 Å². The quantitative estimate of drug-likeness (QED) is 0.750. The van der Waals surface area contributed by atoms with Crippen molar-refractivity contribution in [2.45, 2.75) is 52.5 Å². The standard InChI is InChI=1S/C17H25N/c1-17(2,3)11-13-5-4-6-15(9-13)18-12-14-7-8-16(18)10-14/h4-6,9,14,16H,7-8,10-12H2,1-3H3. The van der Waals surface area contributed by atoms with Crippen LogP contribution >= 0.6 is 0 Å². The van der Waals surface area contributed by atoms with E-state index in [1.165, 1.54) is 43.5 Å². The maximum absolute atomic E-state index is 2.65. The smallest absolute Gasteiger partial charge is 0.0371 e. The third kappa shape index (κ3) is 2.41. The van der Waals surface area contributed by atoms with Crippen molar-refractivity contribution in [2.24, 2.45) is 11.3 Å². The molecular formula is C17H25N. The Kier molecular flexibility index (Phi) is 2.88. The molecule has 1 saturated carbocycles. The van der Waals surface area contributed by atoms with Gasteiger partial charge >= 0.3 is 0 Å². The lowest BCUT2D eigenvalue weighted by Crippen LogP contribution is -2.31. The fourth-order valence-corrected chi connectivity index (χ4v) is 3.70. The molecule has 1 aliphatic heterocycles. The molecule has 0 N–H and O–H groups in total. The summed E-state index contributed by atoms with van der Waals surface area (Å²) in [7, 11) is 0. The van der Waals surface area contributed by atoms with E-state index < -0.39 is 0 Å². The second kappa shape index (κ2) is 4.29. The van der Waals surface area contributed by atoms with Gasteiger partial charge in [0.15, 0.2) is 0 Å². The third-order valence-electron chi connectivity index (χ3n) is 4.39. The number of hydrogen-bond acceptors (Lipinski definition) is 1. The number of fused-ring (bicyclic) bond motifs is 2. The SMILES string of the molecule is CC(C)(C)Cc1cccc(N2CC3CCC2C3)c1.